The highest BCUT2D eigenvalue weighted by atomic mass is 79.9. The molecule has 1 aromatic rings. The predicted molar refractivity (Wildman–Crippen MR) is 66.5 cm³/mol. The Kier molecular flexibility index (Phi) is 5.16. The second-order valence-electron chi connectivity index (χ2n) is 3.52. The lowest BCUT2D eigenvalue weighted by Crippen LogP contribution is -2.11. The molecule has 0 saturated heterocycles. The third-order valence-corrected chi connectivity index (χ3v) is 3.26. The van der Waals surface area contributed by atoms with Gasteiger partial charge in [-0.2, -0.15) is 13.2 Å². The van der Waals surface area contributed by atoms with Crippen molar-refractivity contribution in [3.63, 3.8) is 0 Å². The largest absolute Gasteiger partial charge is 0.496 e. The molecule has 0 fully saturated rings. The van der Waals surface area contributed by atoms with E-state index in [0.717, 1.165) is 0 Å². The summed E-state index contributed by atoms with van der Waals surface area (Å²) < 4.78 is 47.6. The van der Waals surface area contributed by atoms with E-state index in [1.165, 1.54) is 26.4 Å². The monoisotopic (exact) mass is 346 g/mol. The van der Waals surface area contributed by atoms with Crippen molar-refractivity contribution in [2.24, 2.45) is 0 Å². The maximum Gasteiger partial charge on any atom is 0.390 e. The molecule has 0 amide bonds. The molecule has 2 nitrogen and oxygen atoms in total. The van der Waals surface area contributed by atoms with Crippen molar-refractivity contribution in [1.29, 1.82) is 0 Å². The molecule has 0 spiro atoms. The predicted octanol–water partition coefficient (Wildman–Crippen LogP) is 4.70. The van der Waals surface area contributed by atoms with Crippen LogP contribution in [0.25, 0.3) is 0 Å². The van der Waals surface area contributed by atoms with Gasteiger partial charge in [0, 0.05) is 5.56 Å². The van der Waals surface area contributed by atoms with E-state index < -0.39 is 18.0 Å². The molecule has 1 aromatic carbocycles. The quantitative estimate of drug-likeness (QED) is 0.735. The second kappa shape index (κ2) is 6.02. The number of benzene rings is 1. The van der Waals surface area contributed by atoms with E-state index in [1.807, 2.05) is 0 Å². The molecule has 1 rings (SSSR count). The van der Waals surface area contributed by atoms with Crippen molar-refractivity contribution in [2.75, 3.05) is 14.2 Å². The molecule has 0 aliphatic carbocycles. The first-order valence-electron chi connectivity index (χ1n) is 4.90. The van der Waals surface area contributed by atoms with Gasteiger partial charge in [0.1, 0.15) is 11.5 Å². The minimum Gasteiger partial charge on any atom is -0.496 e. The van der Waals surface area contributed by atoms with Gasteiger partial charge in [-0.15, -0.1) is 11.6 Å². The minimum atomic E-state index is -4.34. The number of methoxy groups -OCH3 is 2. The Labute approximate surface area is 116 Å². The van der Waals surface area contributed by atoms with Gasteiger partial charge in [-0.25, -0.2) is 0 Å². The Morgan fingerprint density at radius 3 is 2.22 bits per heavy atom. The number of halogens is 5. The Bertz CT molecular complexity index is 423. The highest BCUT2D eigenvalue weighted by Gasteiger charge is 2.33. The Morgan fingerprint density at radius 1 is 1.22 bits per heavy atom. The van der Waals surface area contributed by atoms with E-state index in [2.05, 4.69) is 15.9 Å². The van der Waals surface area contributed by atoms with E-state index in [4.69, 9.17) is 21.1 Å². The molecule has 0 aliphatic rings. The molecule has 18 heavy (non-hydrogen) atoms. The highest BCUT2D eigenvalue weighted by Crippen LogP contribution is 2.42. The number of alkyl halides is 4. The van der Waals surface area contributed by atoms with E-state index in [1.54, 1.807) is 0 Å². The average molecular weight is 348 g/mol. The summed E-state index contributed by atoms with van der Waals surface area (Å²) in [5.41, 5.74) is 0.247. The van der Waals surface area contributed by atoms with Crippen LogP contribution in [0.2, 0.25) is 0 Å². The van der Waals surface area contributed by atoms with Gasteiger partial charge in [-0.3, -0.25) is 0 Å². The van der Waals surface area contributed by atoms with Gasteiger partial charge in [0.05, 0.1) is 30.5 Å². The van der Waals surface area contributed by atoms with Crippen LogP contribution in [0.4, 0.5) is 13.2 Å². The standard InChI is InChI=1S/C11H11BrClF3O2/c1-17-9-4-7(12)10(18-2)3-6(9)8(13)5-11(14,15)16/h3-4,8H,5H2,1-2H3. The molecule has 102 valence electrons. The number of hydrogen-bond donors (Lipinski definition) is 0. The van der Waals surface area contributed by atoms with Gasteiger partial charge in [0.15, 0.2) is 0 Å². The molecule has 0 saturated carbocycles. The van der Waals surface area contributed by atoms with Gasteiger partial charge in [0.2, 0.25) is 0 Å². The molecule has 0 aliphatic heterocycles. The third kappa shape index (κ3) is 3.95. The van der Waals surface area contributed by atoms with Crippen LogP contribution < -0.4 is 9.47 Å². The van der Waals surface area contributed by atoms with Gasteiger partial charge in [-0.05, 0) is 28.1 Å². The zero-order chi connectivity index (χ0) is 13.9. The van der Waals surface area contributed by atoms with E-state index in [9.17, 15) is 13.2 Å². The fourth-order valence-electron chi connectivity index (χ4n) is 1.44. The molecule has 1 atom stereocenters. The maximum atomic E-state index is 12.3. The van der Waals surface area contributed by atoms with Crippen LogP contribution in [0.5, 0.6) is 11.5 Å². The van der Waals surface area contributed by atoms with Gasteiger partial charge in [0.25, 0.3) is 0 Å². The highest BCUT2D eigenvalue weighted by molar-refractivity contribution is 9.10. The normalized spacial score (nSPS) is 13.3. The SMILES string of the molecule is COc1cc(C(Cl)CC(F)(F)F)c(OC)cc1Br. The summed E-state index contributed by atoms with van der Waals surface area (Å²) in [6, 6.07) is 2.96. The summed E-state index contributed by atoms with van der Waals surface area (Å²) in [4.78, 5) is 0. The molecular weight excluding hydrogens is 336 g/mol. The number of rotatable bonds is 4. The third-order valence-electron chi connectivity index (χ3n) is 2.25. The minimum absolute atomic E-state index is 0.247. The van der Waals surface area contributed by atoms with Crippen molar-refractivity contribution in [3.05, 3.63) is 22.2 Å². The zero-order valence-corrected chi connectivity index (χ0v) is 12.0. The fraction of sp³-hybridized carbons (Fsp3) is 0.455. The van der Waals surface area contributed by atoms with Crippen LogP contribution in [0.1, 0.15) is 17.4 Å². The Hall–Kier alpha value is -0.620. The Morgan fingerprint density at radius 2 is 1.78 bits per heavy atom. The molecule has 0 bridgehead atoms. The van der Waals surface area contributed by atoms with Crippen molar-refractivity contribution < 1.29 is 22.6 Å². The first-order chi connectivity index (χ1) is 8.28. The number of ether oxygens (including phenoxy) is 2. The lowest BCUT2D eigenvalue weighted by Gasteiger charge is -2.17. The summed E-state index contributed by atoms with van der Waals surface area (Å²) in [6.45, 7) is 0. The van der Waals surface area contributed by atoms with Gasteiger partial charge < -0.3 is 9.47 Å². The maximum absolute atomic E-state index is 12.3. The Balaban J connectivity index is 3.13. The van der Waals surface area contributed by atoms with Crippen molar-refractivity contribution >= 4 is 27.5 Å². The molecule has 0 aromatic heterocycles. The zero-order valence-electron chi connectivity index (χ0n) is 9.65. The molecular formula is C11H11BrClF3O2. The topological polar surface area (TPSA) is 18.5 Å². The lowest BCUT2D eigenvalue weighted by molar-refractivity contribution is -0.134. The van der Waals surface area contributed by atoms with Crippen LogP contribution in [0.15, 0.2) is 16.6 Å². The average Bonchev–Trinajstić information content (AvgIpc) is 2.26. The van der Waals surface area contributed by atoms with Gasteiger partial charge in [-0.1, -0.05) is 0 Å². The molecule has 0 N–H and O–H groups in total. The first-order valence-corrected chi connectivity index (χ1v) is 6.13. The molecule has 1 unspecified atom stereocenters. The lowest BCUT2D eigenvalue weighted by atomic mass is 10.1. The van der Waals surface area contributed by atoms with Crippen molar-refractivity contribution in [1.82, 2.24) is 0 Å². The summed E-state index contributed by atoms with van der Waals surface area (Å²) in [5, 5.41) is -1.22. The summed E-state index contributed by atoms with van der Waals surface area (Å²) >= 11 is 9.01. The molecule has 7 heteroatoms. The van der Waals surface area contributed by atoms with Crippen LogP contribution in [0, 0.1) is 0 Å². The van der Waals surface area contributed by atoms with E-state index >= 15 is 0 Å². The van der Waals surface area contributed by atoms with Gasteiger partial charge >= 0.3 is 6.18 Å². The van der Waals surface area contributed by atoms with Crippen molar-refractivity contribution in [2.45, 2.75) is 18.0 Å². The van der Waals surface area contributed by atoms with Crippen LogP contribution in [0.3, 0.4) is 0 Å². The fourth-order valence-corrected chi connectivity index (χ4v) is 2.27. The first kappa shape index (κ1) is 15.4. The number of hydrogen-bond acceptors (Lipinski definition) is 2. The summed E-state index contributed by atoms with van der Waals surface area (Å²) in [7, 11) is 2.79. The van der Waals surface area contributed by atoms with Crippen LogP contribution in [-0.4, -0.2) is 20.4 Å². The summed E-state index contributed by atoms with van der Waals surface area (Å²) in [6.07, 6.45) is -5.46. The van der Waals surface area contributed by atoms with Crippen LogP contribution >= 0.6 is 27.5 Å². The second-order valence-corrected chi connectivity index (χ2v) is 4.90. The van der Waals surface area contributed by atoms with E-state index in [-0.39, 0.29) is 11.3 Å². The summed E-state index contributed by atoms with van der Waals surface area (Å²) in [5.74, 6) is 0.686. The molecule has 0 radical (unpaired) electrons. The van der Waals surface area contributed by atoms with E-state index in [0.29, 0.717) is 10.2 Å². The smallest absolute Gasteiger partial charge is 0.390 e. The van der Waals surface area contributed by atoms with Crippen LogP contribution in [-0.2, 0) is 0 Å². The molecule has 0 heterocycles. The van der Waals surface area contributed by atoms with Crippen molar-refractivity contribution in [3.8, 4) is 11.5 Å².